The maximum atomic E-state index is 5.88. The summed E-state index contributed by atoms with van der Waals surface area (Å²) < 4.78 is 7.83. The van der Waals surface area contributed by atoms with Crippen LogP contribution in [0.15, 0.2) is 59.3 Å². The molecule has 0 aliphatic carbocycles. The Kier molecular flexibility index (Phi) is 4.71. The first kappa shape index (κ1) is 14.6. The second-order valence-corrected chi connectivity index (χ2v) is 5.43. The van der Waals surface area contributed by atoms with Gasteiger partial charge < -0.3 is 9.73 Å². The van der Waals surface area contributed by atoms with Gasteiger partial charge in [-0.2, -0.15) is 5.10 Å². The van der Waals surface area contributed by atoms with Gasteiger partial charge in [0.05, 0.1) is 6.54 Å². The van der Waals surface area contributed by atoms with E-state index in [1.807, 2.05) is 35.3 Å². The lowest BCUT2D eigenvalue weighted by atomic mass is 10.1. The molecule has 0 atom stereocenters. The maximum absolute atomic E-state index is 5.88. The molecule has 0 radical (unpaired) electrons. The molecule has 3 rings (SSSR count). The summed E-state index contributed by atoms with van der Waals surface area (Å²) in [5, 5.41) is 7.59. The molecule has 0 fully saturated rings. The summed E-state index contributed by atoms with van der Waals surface area (Å²) in [5.41, 5.74) is 2.38. The van der Waals surface area contributed by atoms with Crippen LogP contribution in [0.3, 0.4) is 0 Å². The van der Waals surface area contributed by atoms with Crippen LogP contribution in [-0.4, -0.2) is 16.3 Å². The van der Waals surface area contributed by atoms with Gasteiger partial charge >= 0.3 is 0 Å². The van der Waals surface area contributed by atoms with Crippen LogP contribution in [0, 0.1) is 6.92 Å². The minimum Gasteiger partial charge on any atom is -0.460 e. The summed E-state index contributed by atoms with van der Waals surface area (Å²) in [6, 6.07) is 14.4. The predicted octanol–water partition coefficient (Wildman–Crippen LogP) is 3.63. The highest BCUT2D eigenvalue weighted by Gasteiger charge is 2.04. The van der Waals surface area contributed by atoms with E-state index in [2.05, 4.69) is 41.6 Å². The van der Waals surface area contributed by atoms with Crippen molar-refractivity contribution in [2.24, 2.45) is 0 Å². The highest BCUT2D eigenvalue weighted by atomic mass is 16.3. The number of aromatic nitrogens is 2. The summed E-state index contributed by atoms with van der Waals surface area (Å²) in [6.07, 6.45) is 4.84. The first-order valence-electron chi connectivity index (χ1n) is 7.65. The lowest BCUT2D eigenvalue weighted by Crippen LogP contribution is -2.16. The lowest BCUT2D eigenvalue weighted by molar-refractivity contribution is 0.479. The van der Waals surface area contributed by atoms with Crippen molar-refractivity contribution in [1.82, 2.24) is 15.1 Å². The number of furan rings is 1. The highest BCUT2D eigenvalue weighted by Crippen LogP contribution is 2.22. The fourth-order valence-corrected chi connectivity index (χ4v) is 2.36. The lowest BCUT2D eigenvalue weighted by Gasteiger charge is -2.03. The largest absolute Gasteiger partial charge is 0.460 e. The smallest absolute Gasteiger partial charge is 0.134 e. The molecule has 2 heterocycles. The Labute approximate surface area is 130 Å². The average molecular weight is 295 g/mol. The Hall–Kier alpha value is -2.33. The summed E-state index contributed by atoms with van der Waals surface area (Å²) in [6.45, 7) is 4.72. The summed E-state index contributed by atoms with van der Waals surface area (Å²) in [5.74, 6) is 1.89. The van der Waals surface area contributed by atoms with Crippen LogP contribution in [0.25, 0.3) is 11.3 Å². The molecular formula is C18H21N3O. The zero-order chi connectivity index (χ0) is 15.2. The molecule has 1 aromatic carbocycles. The molecule has 0 aliphatic rings. The van der Waals surface area contributed by atoms with Gasteiger partial charge in [0.15, 0.2) is 0 Å². The molecule has 0 bridgehead atoms. The van der Waals surface area contributed by atoms with E-state index >= 15 is 0 Å². The van der Waals surface area contributed by atoms with Crippen LogP contribution in [0.2, 0.25) is 0 Å². The molecule has 2 aromatic heterocycles. The standard InChI is InChI=1S/C18H21N3O/c1-15-4-6-16(7-5-15)18-9-8-17(22-18)14-19-10-2-12-21-13-3-11-20-21/h3-9,11,13,19H,2,10,12,14H2,1H3. The van der Waals surface area contributed by atoms with Gasteiger partial charge in [-0.1, -0.05) is 29.8 Å². The fraction of sp³-hybridized carbons (Fsp3) is 0.278. The molecule has 0 amide bonds. The Morgan fingerprint density at radius 1 is 1.14 bits per heavy atom. The number of nitrogens with zero attached hydrogens (tertiary/aromatic N) is 2. The van der Waals surface area contributed by atoms with Crippen molar-refractivity contribution < 1.29 is 4.42 Å². The van der Waals surface area contributed by atoms with Crippen molar-refractivity contribution in [3.8, 4) is 11.3 Å². The third-order valence-corrected chi connectivity index (χ3v) is 3.60. The normalized spacial score (nSPS) is 11.0. The van der Waals surface area contributed by atoms with Crippen LogP contribution in [-0.2, 0) is 13.1 Å². The number of nitrogens with one attached hydrogen (secondary N) is 1. The van der Waals surface area contributed by atoms with Gasteiger partial charge in [-0.05, 0) is 38.1 Å². The average Bonchev–Trinajstić information content (AvgIpc) is 3.19. The Balaban J connectivity index is 1.44. The molecule has 4 heteroatoms. The fourth-order valence-electron chi connectivity index (χ4n) is 2.36. The molecular weight excluding hydrogens is 274 g/mol. The quantitative estimate of drug-likeness (QED) is 0.677. The minimum absolute atomic E-state index is 0.755. The van der Waals surface area contributed by atoms with Gasteiger partial charge in [-0.3, -0.25) is 4.68 Å². The topological polar surface area (TPSA) is 43.0 Å². The monoisotopic (exact) mass is 295 g/mol. The molecule has 114 valence electrons. The molecule has 1 N–H and O–H groups in total. The van der Waals surface area contributed by atoms with E-state index in [1.54, 1.807) is 0 Å². The molecule has 0 aliphatic heterocycles. The van der Waals surface area contributed by atoms with Crippen LogP contribution in [0.4, 0.5) is 0 Å². The van der Waals surface area contributed by atoms with Crippen LogP contribution in [0.1, 0.15) is 17.7 Å². The second kappa shape index (κ2) is 7.09. The molecule has 0 unspecified atom stereocenters. The molecule has 22 heavy (non-hydrogen) atoms. The van der Waals surface area contributed by atoms with Gasteiger partial charge in [-0.15, -0.1) is 0 Å². The van der Waals surface area contributed by atoms with Crippen LogP contribution >= 0.6 is 0 Å². The van der Waals surface area contributed by atoms with E-state index in [0.717, 1.165) is 43.1 Å². The van der Waals surface area contributed by atoms with Gasteiger partial charge in [0.2, 0.25) is 0 Å². The first-order valence-corrected chi connectivity index (χ1v) is 7.65. The predicted molar refractivity (Wildman–Crippen MR) is 87.4 cm³/mol. The summed E-state index contributed by atoms with van der Waals surface area (Å²) >= 11 is 0. The number of benzene rings is 1. The van der Waals surface area contributed by atoms with Crippen molar-refractivity contribution in [2.75, 3.05) is 6.54 Å². The van der Waals surface area contributed by atoms with Crippen molar-refractivity contribution in [2.45, 2.75) is 26.4 Å². The van der Waals surface area contributed by atoms with Crippen molar-refractivity contribution in [1.29, 1.82) is 0 Å². The number of aryl methyl sites for hydroxylation is 2. The van der Waals surface area contributed by atoms with Gasteiger partial charge in [0.1, 0.15) is 11.5 Å². The molecule has 0 saturated heterocycles. The van der Waals surface area contributed by atoms with Crippen molar-refractivity contribution >= 4 is 0 Å². The van der Waals surface area contributed by atoms with Gasteiger partial charge in [-0.25, -0.2) is 0 Å². The Morgan fingerprint density at radius 3 is 2.77 bits per heavy atom. The number of hydrogen-bond acceptors (Lipinski definition) is 3. The SMILES string of the molecule is Cc1ccc(-c2ccc(CNCCCn3cccn3)o2)cc1. The van der Waals surface area contributed by atoms with Gasteiger partial charge in [0.25, 0.3) is 0 Å². The highest BCUT2D eigenvalue weighted by molar-refractivity contribution is 5.57. The van der Waals surface area contributed by atoms with E-state index in [4.69, 9.17) is 4.42 Å². The van der Waals surface area contributed by atoms with E-state index in [-0.39, 0.29) is 0 Å². The Bertz CT molecular complexity index is 683. The second-order valence-electron chi connectivity index (χ2n) is 5.43. The minimum atomic E-state index is 0.755. The molecule has 4 nitrogen and oxygen atoms in total. The van der Waals surface area contributed by atoms with Gasteiger partial charge in [0, 0.05) is 24.5 Å². The number of hydrogen-bond donors (Lipinski definition) is 1. The zero-order valence-electron chi connectivity index (χ0n) is 12.8. The number of rotatable bonds is 7. The zero-order valence-corrected chi connectivity index (χ0v) is 12.8. The van der Waals surface area contributed by atoms with E-state index in [1.165, 1.54) is 5.56 Å². The summed E-state index contributed by atoms with van der Waals surface area (Å²) in [7, 11) is 0. The maximum Gasteiger partial charge on any atom is 0.134 e. The van der Waals surface area contributed by atoms with E-state index < -0.39 is 0 Å². The Morgan fingerprint density at radius 2 is 2.00 bits per heavy atom. The van der Waals surface area contributed by atoms with Crippen LogP contribution in [0.5, 0.6) is 0 Å². The molecule has 0 spiro atoms. The van der Waals surface area contributed by atoms with E-state index in [9.17, 15) is 0 Å². The van der Waals surface area contributed by atoms with Crippen molar-refractivity contribution in [3.05, 3.63) is 66.2 Å². The first-order chi connectivity index (χ1) is 10.8. The van der Waals surface area contributed by atoms with Crippen molar-refractivity contribution in [3.63, 3.8) is 0 Å². The molecule has 3 aromatic rings. The van der Waals surface area contributed by atoms with Crippen LogP contribution < -0.4 is 5.32 Å². The third-order valence-electron chi connectivity index (χ3n) is 3.60. The third kappa shape index (κ3) is 3.86. The summed E-state index contributed by atoms with van der Waals surface area (Å²) in [4.78, 5) is 0. The van der Waals surface area contributed by atoms with E-state index in [0.29, 0.717) is 0 Å². The molecule has 0 saturated carbocycles.